The molecule has 2 bridgehead atoms. The summed E-state index contributed by atoms with van der Waals surface area (Å²) < 4.78 is 18.9. The van der Waals surface area contributed by atoms with Crippen LogP contribution in [0.3, 0.4) is 0 Å². The maximum atomic E-state index is 13.2. The molecule has 2 aromatic rings. The van der Waals surface area contributed by atoms with Gasteiger partial charge in [0, 0.05) is 42.0 Å². The van der Waals surface area contributed by atoms with Gasteiger partial charge in [-0.05, 0) is 38.1 Å². The lowest BCUT2D eigenvalue weighted by Gasteiger charge is -2.35. The quantitative estimate of drug-likeness (QED) is 0.867. The van der Waals surface area contributed by atoms with Crippen LogP contribution in [0.4, 0.5) is 4.39 Å². The van der Waals surface area contributed by atoms with Crippen molar-refractivity contribution in [1.82, 2.24) is 9.88 Å². The Morgan fingerprint density at radius 1 is 1.32 bits per heavy atom. The first kappa shape index (κ1) is 13.8. The average Bonchev–Trinajstić information content (AvgIpc) is 2.97. The van der Waals surface area contributed by atoms with Crippen molar-refractivity contribution < 1.29 is 13.9 Å². The van der Waals surface area contributed by atoms with Crippen LogP contribution in [0.15, 0.2) is 24.4 Å². The maximum Gasteiger partial charge on any atom is 0.340 e. The zero-order valence-electron chi connectivity index (χ0n) is 12.5. The standard InChI is InChI=1S/C17H19FN2O2/c1-20-11-3-4-12(20)8-13(7-11)22-17(21)15-9-19-16-6-10(18)2-5-14(15)16/h2,5-6,9,11-13,19H,3-4,7-8H2,1H3/t11-,12+,13+. The molecule has 0 unspecified atom stereocenters. The highest BCUT2D eigenvalue weighted by molar-refractivity contribution is 6.04. The summed E-state index contributed by atoms with van der Waals surface area (Å²) >= 11 is 0. The first-order chi connectivity index (χ1) is 10.6. The fourth-order valence-corrected chi connectivity index (χ4v) is 3.94. The van der Waals surface area contributed by atoms with E-state index in [4.69, 9.17) is 4.74 Å². The summed E-state index contributed by atoms with van der Waals surface area (Å²) in [6.07, 6.45) is 5.82. The van der Waals surface area contributed by atoms with Crippen molar-refractivity contribution >= 4 is 16.9 Å². The lowest BCUT2D eigenvalue weighted by molar-refractivity contribution is -0.000259. The molecule has 0 radical (unpaired) electrons. The van der Waals surface area contributed by atoms with Crippen LogP contribution in [0.1, 0.15) is 36.0 Å². The number of carbonyl (C=O) groups is 1. The second-order valence-electron chi connectivity index (χ2n) is 6.44. The minimum Gasteiger partial charge on any atom is -0.459 e. The number of rotatable bonds is 2. The van der Waals surface area contributed by atoms with E-state index < -0.39 is 0 Å². The Hall–Kier alpha value is -1.88. The summed E-state index contributed by atoms with van der Waals surface area (Å²) in [5.74, 6) is -0.632. The van der Waals surface area contributed by atoms with Crippen molar-refractivity contribution in [2.45, 2.75) is 43.9 Å². The van der Waals surface area contributed by atoms with Crippen molar-refractivity contribution in [2.24, 2.45) is 0 Å². The third-order valence-corrected chi connectivity index (χ3v) is 5.19. The number of aromatic nitrogens is 1. The van der Waals surface area contributed by atoms with Crippen LogP contribution in [0.25, 0.3) is 10.9 Å². The largest absolute Gasteiger partial charge is 0.459 e. The summed E-state index contributed by atoms with van der Waals surface area (Å²) in [7, 11) is 2.16. The summed E-state index contributed by atoms with van der Waals surface area (Å²) in [6, 6.07) is 5.45. The van der Waals surface area contributed by atoms with Gasteiger partial charge in [0.25, 0.3) is 0 Å². The molecule has 0 amide bonds. The number of halogens is 1. The minimum absolute atomic E-state index is 0.00778. The van der Waals surface area contributed by atoms with E-state index in [2.05, 4.69) is 16.9 Å². The number of H-pyrrole nitrogens is 1. The van der Waals surface area contributed by atoms with Gasteiger partial charge in [0.15, 0.2) is 0 Å². The van der Waals surface area contributed by atoms with Gasteiger partial charge in [0.05, 0.1) is 5.56 Å². The molecule has 4 nitrogen and oxygen atoms in total. The number of esters is 1. The Morgan fingerprint density at radius 3 is 2.77 bits per heavy atom. The maximum absolute atomic E-state index is 13.2. The molecule has 2 fully saturated rings. The lowest BCUT2D eigenvalue weighted by Crippen LogP contribution is -2.43. The molecule has 22 heavy (non-hydrogen) atoms. The van der Waals surface area contributed by atoms with Crippen molar-refractivity contribution in [1.29, 1.82) is 0 Å². The molecule has 0 saturated carbocycles. The van der Waals surface area contributed by atoms with Gasteiger partial charge < -0.3 is 14.6 Å². The summed E-state index contributed by atoms with van der Waals surface area (Å²) in [5.41, 5.74) is 1.11. The van der Waals surface area contributed by atoms with E-state index in [-0.39, 0.29) is 17.9 Å². The normalized spacial score (nSPS) is 28.2. The van der Waals surface area contributed by atoms with E-state index in [1.807, 2.05) is 0 Å². The van der Waals surface area contributed by atoms with E-state index in [1.165, 1.54) is 25.0 Å². The molecule has 1 aromatic carbocycles. The van der Waals surface area contributed by atoms with Crippen LogP contribution < -0.4 is 0 Å². The van der Waals surface area contributed by atoms with Crippen LogP contribution >= 0.6 is 0 Å². The number of ether oxygens (including phenoxy) is 1. The van der Waals surface area contributed by atoms with Crippen molar-refractivity contribution in [3.63, 3.8) is 0 Å². The third kappa shape index (κ3) is 2.20. The summed E-state index contributed by atoms with van der Waals surface area (Å²) in [4.78, 5) is 17.8. The van der Waals surface area contributed by atoms with E-state index in [0.29, 0.717) is 28.6 Å². The fraction of sp³-hybridized carbons (Fsp3) is 0.471. The van der Waals surface area contributed by atoms with Gasteiger partial charge in [0.2, 0.25) is 0 Å². The van der Waals surface area contributed by atoms with Gasteiger partial charge in [-0.15, -0.1) is 0 Å². The average molecular weight is 302 g/mol. The number of hydrogen-bond donors (Lipinski definition) is 1. The molecule has 2 aliphatic rings. The molecule has 1 aromatic heterocycles. The fourth-order valence-electron chi connectivity index (χ4n) is 3.94. The SMILES string of the molecule is CN1[C@@H]2CC[C@H]1C[C@@H](OC(=O)c1c[nH]c3cc(F)ccc13)C2. The number of nitrogens with one attached hydrogen (secondary N) is 1. The summed E-state index contributed by atoms with van der Waals surface area (Å²) in [6.45, 7) is 0. The van der Waals surface area contributed by atoms with Gasteiger partial charge in [0.1, 0.15) is 11.9 Å². The predicted octanol–water partition coefficient (Wildman–Crippen LogP) is 3.09. The van der Waals surface area contributed by atoms with E-state index in [0.717, 1.165) is 12.8 Å². The number of aromatic amines is 1. The molecule has 2 saturated heterocycles. The number of carbonyl (C=O) groups excluding carboxylic acids is 1. The van der Waals surface area contributed by atoms with Crippen LogP contribution in [0, 0.1) is 5.82 Å². The van der Waals surface area contributed by atoms with Gasteiger partial charge in [-0.1, -0.05) is 0 Å². The Balaban J connectivity index is 1.52. The van der Waals surface area contributed by atoms with Crippen molar-refractivity contribution in [3.05, 3.63) is 35.8 Å². The topological polar surface area (TPSA) is 45.3 Å². The Bertz CT molecular complexity index is 713. The highest BCUT2D eigenvalue weighted by atomic mass is 19.1. The van der Waals surface area contributed by atoms with Gasteiger partial charge in [-0.25, -0.2) is 9.18 Å². The highest BCUT2D eigenvalue weighted by Gasteiger charge is 2.40. The summed E-state index contributed by atoms with van der Waals surface area (Å²) in [5, 5.41) is 0.710. The number of hydrogen-bond acceptors (Lipinski definition) is 3. The van der Waals surface area contributed by atoms with Crippen LogP contribution in [-0.4, -0.2) is 41.1 Å². The number of piperidine rings is 1. The van der Waals surface area contributed by atoms with Crippen molar-refractivity contribution in [3.8, 4) is 0 Å². The molecule has 3 atom stereocenters. The number of benzene rings is 1. The zero-order chi connectivity index (χ0) is 15.3. The predicted molar refractivity (Wildman–Crippen MR) is 81.3 cm³/mol. The molecule has 4 rings (SSSR count). The molecular formula is C17H19FN2O2. The highest BCUT2D eigenvalue weighted by Crippen LogP contribution is 2.36. The molecule has 1 N–H and O–H groups in total. The molecule has 0 aliphatic carbocycles. The van der Waals surface area contributed by atoms with Crippen LogP contribution in [-0.2, 0) is 4.74 Å². The molecular weight excluding hydrogens is 283 g/mol. The first-order valence-corrected chi connectivity index (χ1v) is 7.81. The number of nitrogens with zero attached hydrogens (tertiary/aromatic N) is 1. The second kappa shape index (κ2) is 5.09. The second-order valence-corrected chi connectivity index (χ2v) is 6.44. The molecule has 2 aliphatic heterocycles. The molecule has 5 heteroatoms. The Morgan fingerprint density at radius 2 is 2.05 bits per heavy atom. The zero-order valence-corrected chi connectivity index (χ0v) is 12.5. The Kier molecular flexibility index (Phi) is 3.18. The van der Waals surface area contributed by atoms with Gasteiger partial charge in [-0.2, -0.15) is 0 Å². The van der Waals surface area contributed by atoms with Gasteiger partial charge in [-0.3, -0.25) is 0 Å². The minimum atomic E-state index is -0.318. The third-order valence-electron chi connectivity index (χ3n) is 5.19. The van der Waals surface area contributed by atoms with E-state index in [9.17, 15) is 9.18 Å². The van der Waals surface area contributed by atoms with Crippen LogP contribution in [0.2, 0.25) is 0 Å². The lowest BCUT2D eigenvalue weighted by atomic mass is 10.0. The molecule has 116 valence electrons. The number of fused-ring (bicyclic) bond motifs is 3. The first-order valence-electron chi connectivity index (χ1n) is 7.81. The Labute approximate surface area is 128 Å². The van der Waals surface area contributed by atoms with E-state index in [1.54, 1.807) is 12.3 Å². The van der Waals surface area contributed by atoms with Gasteiger partial charge >= 0.3 is 5.97 Å². The molecule has 3 heterocycles. The smallest absolute Gasteiger partial charge is 0.340 e. The molecule has 0 spiro atoms. The monoisotopic (exact) mass is 302 g/mol. The van der Waals surface area contributed by atoms with E-state index >= 15 is 0 Å². The van der Waals surface area contributed by atoms with Crippen molar-refractivity contribution in [2.75, 3.05) is 7.05 Å². The van der Waals surface area contributed by atoms with Crippen LogP contribution in [0.5, 0.6) is 0 Å².